The number of hydrogen-bond donors (Lipinski definition) is 1. The van der Waals surface area contributed by atoms with Crippen molar-refractivity contribution in [2.24, 2.45) is 0 Å². The van der Waals surface area contributed by atoms with E-state index in [9.17, 15) is 9.59 Å². The first-order valence-corrected chi connectivity index (χ1v) is 11.3. The maximum Gasteiger partial charge on any atom is 0.263 e. The second-order valence-electron chi connectivity index (χ2n) is 6.93. The number of thiophene rings is 1. The molecular weight excluding hydrogens is 382 g/mol. The third-order valence-corrected chi connectivity index (χ3v) is 6.93. The third kappa shape index (κ3) is 4.55. The molecule has 1 aliphatic rings. The molecular formula is C19H27N3O3S2. The van der Waals surface area contributed by atoms with Crippen LogP contribution in [0.2, 0.25) is 0 Å². The molecule has 8 heteroatoms. The van der Waals surface area contributed by atoms with Gasteiger partial charge < -0.3 is 10.1 Å². The van der Waals surface area contributed by atoms with Gasteiger partial charge in [0.25, 0.3) is 5.56 Å². The van der Waals surface area contributed by atoms with Crippen molar-refractivity contribution in [1.29, 1.82) is 0 Å². The van der Waals surface area contributed by atoms with Crippen LogP contribution in [-0.2, 0) is 28.9 Å². The van der Waals surface area contributed by atoms with Gasteiger partial charge in [-0.15, -0.1) is 11.3 Å². The fourth-order valence-electron chi connectivity index (χ4n) is 3.50. The second-order valence-corrected chi connectivity index (χ2v) is 8.95. The number of ether oxygens (including phenoxy) is 1. The van der Waals surface area contributed by atoms with Crippen molar-refractivity contribution in [2.45, 2.75) is 63.7 Å². The molecule has 0 bridgehead atoms. The van der Waals surface area contributed by atoms with Gasteiger partial charge >= 0.3 is 0 Å². The average molecular weight is 410 g/mol. The van der Waals surface area contributed by atoms with Gasteiger partial charge in [0.15, 0.2) is 5.16 Å². The quantitative estimate of drug-likeness (QED) is 0.509. The Morgan fingerprint density at radius 2 is 2.26 bits per heavy atom. The molecule has 0 radical (unpaired) electrons. The number of amides is 1. The lowest BCUT2D eigenvalue weighted by Crippen LogP contribution is -2.34. The van der Waals surface area contributed by atoms with Gasteiger partial charge in [-0.25, -0.2) is 4.98 Å². The lowest BCUT2D eigenvalue weighted by atomic mass is 10.2. The predicted octanol–water partition coefficient (Wildman–Crippen LogP) is 2.99. The summed E-state index contributed by atoms with van der Waals surface area (Å²) in [4.78, 5) is 32.2. The molecule has 148 valence electrons. The molecule has 0 aliphatic heterocycles. The molecule has 1 aliphatic carbocycles. The third-order valence-electron chi connectivity index (χ3n) is 4.77. The minimum Gasteiger partial charge on any atom is -0.383 e. The van der Waals surface area contributed by atoms with Gasteiger partial charge in [-0.2, -0.15) is 0 Å². The van der Waals surface area contributed by atoms with Crippen LogP contribution in [-0.4, -0.2) is 41.0 Å². The van der Waals surface area contributed by atoms with Crippen molar-refractivity contribution in [2.75, 3.05) is 19.5 Å². The topological polar surface area (TPSA) is 73.2 Å². The van der Waals surface area contributed by atoms with E-state index in [0.717, 1.165) is 42.3 Å². The summed E-state index contributed by atoms with van der Waals surface area (Å²) < 4.78 is 6.84. The first-order valence-electron chi connectivity index (χ1n) is 9.51. The molecule has 0 saturated carbocycles. The van der Waals surface area contributed by atoms with Crippen molar-refractivity contribution in [3.63, 3.8) is 0 Å². The van der Waals surface area contributed by atoms with Gasteiger partial charge in [-0.1, -0.05) is 25.1 Å². The number of carbonyl (C=O) groups excluding carboxylic acids is 1. The van der Waals surface area contributed by atoms with Crippen LogP contribution in [0.15, 0.2) is 9.95 Å². The van der Waals surface area contributed by atoms with Crippen molar-refractivity contribution in [3.05, 3.63) is 20.8 Å². The van der Waals surface area contributed by atoms with E-state index in [4.69, 9.17) is 9.72 Å². The van der Waals surface area contributed by atoms with Crippen molar-refractivity contribution in [1.82, 2.24) is 14.9 Å². The number of thioether (sulfide) groups is 1. The van der Waals surface area contributed by atoms with Crippen LogP contribution in [0.1, 0.15) is 43.6 Å². The summed E-state index contributed by atoms with van der Waals surface area (Å²) in [5, 5.41) is 4.37. The molecule has 0 aromatic carbocycles. The Kier molecular flexibility index (Phi) is 6.94. The average Bonchev–Trinajstić information content (AvgIpc) is 3.20. The standard InChI is InChI=1S/C19H27N3O3S2/c1-4-6-12(2)20-15(23)11-26-19-21-17-16(13-7-5-8-14(13)27-17)18(24)22(19)9-10-25-3/h12H,4-11H2,1-3H3,(H,20,23)/t12-/m1/s1. The largest absolute Gasteiger partial charge is 0.383 e. The van der Waals surface area contributed by atoms with Gasteiger partial charge in [0.2, 0.25) is 5.91 Å². The first-order chi connectivity index (χ1) is 13.0. The van der Waals surface area contributed by atoms with Gasteiger partial charge in [0.1, 0.15) is 4.83 Å². The van der Waals surface area contributed by atoms with Gasteiger partial charge in [0.05, 0.1) is 24.3 Å². The molecule has 2 heterocycles. The van der Waals surface area contributed by atoms with Gasteiger partial charge in [-0.05, 0) is 38.2 Å². The van der Waals surface area contributed by atoms with E-state index in [2.05, 4.69) is 12.2 Å². The Morgan fingerprint density at radius 3 is 3.00 bits per heavy atom. The van der Waals surface area contributed by atoms with Crippen LogP contribution < -0.4 is 10.9 Å². The lowest BCUT2D eigenvalue weighted by molar-refractivity contribution is -0.119. The smallest absolute Gasteiger partial charge is 0.263 e. The van der Waals surface area contributed by atoms with E-state index in [1.54, 1.807) is 23.0 Å². The number of aromatic nitrogens is 2. The van der Waals surface area contributed by atoms with Crippen LogP contribution in [0.25, 0.3) is 10.2 Å². The van der Waals surface area contributed by atoms with Crippen LogP contribution in [0.5, 0.6) is 0 Å². The number of carbonyl (C=O) groups is 1. The Labute approximate surface area is 167 Å². The molecule has 0 saturated heterocycles. The molecule has 2 aromatic rings. The summed E-state index contributed by atoms with van der Waals surface area (Å²) in [7, 11) is 1.62. The van der Waals surface area contributed by atoms with E-state index in [1.165, 1.54) is 22.2 Å². The van der Waals surface area contributed by atoms with E-state index >= 15 is 0 Å². The predicted molar refractivity (Wildman–Crippen MR) is 111 cm³/mol. The number of aryl methyl sites for hydroxylation is 2. The number of nitrogens with one attached hydrogen (secondary N) is 1. The number of nitrogens with zero attached hydrogens (tertiary/aromatic N) is 2. The highest BCUT2D eigenvalue weighted by molar-refractivity contribution is 7.99. The molecule has 1 N–H and O–H groups in total. The van der Waals surface area contributed by atoms with Crippen molar-refractivity contribution >= 4 is 39.2 Å². The van der Waals surface area contributed by atoms with E-state index in [-0.39, 0.29) is 23.3 Å². The Morgan fingerprint density at radius 1 is 1.44 bits per heavy atom. The summed E-state index contributed by atoms with van der Waals surface area (Å²) in [5.41, 5.74) is 1.18. The van der Waals surface area contributed by atoms with Crippen LogP contribution in [0.4, 0.5) is 0 Å². The zero-order valence-corrected chi connectivity index (χ0v) is 17.8. The number of fused-ring (bicyclic) bond motifs is 3. The van der Waals surface area contributed by atoms with Crippen molar-refractivity contribution < 1.29 is 9.53 Å². The minimum absolute atomic E-state index is 0.00120. The van der Waals surface area contributed by atoms with Crippen molar-refractivity contribution in [3.8, 4) is 0 Å². The second kappa shape index (κ2) is 9.21. The summed E-state index contributed by atoms with van der Waals surface area (Å²) in [6.07, 6.45) is 5.10. The number of hydrogen-bond acceptors (Lipinski definition) is 6. The molecule has 2 aromatic heterocycles. The molecule has 1 atom stereocenters. The number of rotatable bonds is 9. The minimum atomic E-state index is -0.0257. The highest BCUT2D eigenvalue weighted by atomic mass is 32.2. The first kappa shape index (κ1) is 20.4. The Hall–Kier alpha value is -1.38. The molecule has 0 fully saturated rings. The Bertz CT molecular complexity index is 875. The monoisotopic (exact) mass is 409 g/mol. The van der Waals surface area contributed by atoms with E-state index < -0.39 is 0 Å². The van der Waals surface area contributed by atoms with Crippen LogP contribution in [0.3, 0.4) is 0 Å². The summed E-state index contributed by atoms with van der Waals surface area (Å²) in [6.45, 7) is 4.99. The maximum atomic E-state index is 13.1. The molecule has 0 unspecified atom stereocenters. The summed E-state index contributed by atoms with van der Waals surface area (Å²) in [6, 6.07) is 0.162. The fraction of sp³-hybridized carbons (Fsp3) is 0.632. The molecule has 0 spiro atoms. The number of methoxy groups -OCH3 is 1. The highest BCUT2D eigenvalue weighted by Gasteiger charge is 2.23. The maximum absolute atomic E-state index is 13.1. The molecule has 1 amide bonds. The lowest BCUT2D eigenvalue weighted by Gasteiger charge is -2.14. The zero-order valence-electron chi connectivity index (χ0n) is 16.2. The molecule has 6 nitrogen and oxygen atoms in total. The van der Waals surface area contributed by atoms with Crippen LogP contribution >= 0.6 is 23.1 Å². The fourth-order valence-corrected chi connectivity index (χ4v) is 5.64. The van der Waals surface area contributed by atoms with Crippen LogP contribution in [0, 0.1) is 0 Å². The normalized spacial score (nSPS) is 14.5. The highest BCUT2D eigenvalue weighted by Crippen LogP contribution is 2.35. The van der Waals surface area contributed by atoms with Gasteiger partial charge in [-0.3, -0.25) is 14.2 Å². The van der Waals surface area contributed by atoms with E-state index in [0.29, 0.717) is 18.3 Å². The van der Waals surface area contributed by atoms with Gasteiger partial charge in [0, 0.05) is 18.0 Å². The summed E-state index contributed by atoms with van der Waals surface area (Å²) in [5.74, 6) is 0.228. The summed E-state index contributed by atoms with van der Waals surface area (Å²) >= 11 is 2.96. The SMILES string of the molecule is CCC[C@@H](C)NC(=O)CSc1nc2sc3c(c2c(=O)n1CCOC)CCC3. The molecule has 27 heavy (non-hydrogen) atoms. The van der Waals surface area contributed by atoms with E-state index in [1.807, 2.05) is 6.92 Å². The molecule has 3 rings (SSSR count). The zero-order chi connectivity index (χ0) is 19.4. The Balaban J connectivity index is 1.85.